The molecule has 1 fully saturated rings. The van der Waals surface area contributed by atoms with Crippen LogP contribution in [-0.4, -0.2) is 36.9 Å². The molecule has 0 radical (unpaired) electrons. The Labute approximate surface area is 124 Å². The maximum atomic E-state index is 14.2. The van der Waals surface area contributed by atoms with Gasteiger partial charge in [0.2, 0.25) is 5.60 Å². The molecule has 0 aliphatic heterocycles. The fourth-order valence-corrected chi connectivity index (χ4v) is 3.02. The highest BCUT2D eigenvalue weighted by Crippen LogP contribution is 2.63. The molecule has 126 valence electrons. The van der Waals surface area contributed by atoms with Crippen LogP contribution in [0.15, 0.2) is 12.2 Å². The summed E-state index contributed by atoms with van der Waals surface area (Å²) in [4.78, 5) is 11.4. The molecule has 3 nitrogen and oxygen atoms in total. The minimum Gasteiger partial charge on any atom is -0.464 e. The number of unbranched alkanes of at least 4 members (excludes halogenated alkanes) is 1. The first-order valence-corrected chi connectivity index (χ1v) is 7.09. The van der Waals surface area contributed by atoms with Gasteiger partial charge in [-0.2, -0.15) is 13.2 Å². The molecule has 0 aromatic carbocycles. The van der Waals surface area contributed by atoms with Gasteiger partial charge >= 0.3 is 12.1 Å². The number of carbonyl (C=O) groups is 1. The fourth-order valence-electron chi connectivity index (χ4n) is 3.02. The van der Waals surface area contributed by atoms with E-state index in [9.17, 15) is 26.7 Å². The van der Waals surface area contributed by atoms with Gasteiger partial charge in [0.1, 0.15) is 6.61 Å². The molecule has 0 amide bonds. The topological polar surface area (TPSA) is 35.5 Å². The molecule has 3 atom stereocenters. The summed E-state index contributed by atoms with van der Waals surface area (Å²) in [5, 5.41) is 0. The van der Waals surface area contributed by atoms with Crippen molar-refractivity contribution in [1.29, 1.82) is 0 Å². The Morgan fingerprint density at radius 3 is 2.41 bits per heavy atom. The van der Waals surface area contributed by atoms with Gasteiger partial charge in [0.05, 0.1) is 6.61 Å². The molecule has 22 heavy (non-hydrogen) atoms. The molecule has 2 aliphatic carbocycles. The quantitative estimate of drug-likeness (QED) is 0.324. The smallest absolute Gasteiger partial charge is 0.424 e. The van der Waals surface area contributed by atoms with Gasteiger partial charge in [-0.05, 0) is 12.8 Å². The first-order valence-electron chi connectivity index (χ1n) is 7.09. The van der Waals surface area contributed by atoms with Gasteiger partial charge in [0.25, 0.3) is 5.92 Å². The predicted octanol–water partition coefficient (Wildman–Crippen LogP) is 3.49. The van der Waals surface area contributed by atoms with Gasteiger partial charge in [-0.1, -0.05) is 25.5 Å². The number of rotatable bonds is 6. The number of esters is 1. The summed E-state index contributed by atoms with van der Waals surface area (Å²) in [5.41, 5.74) is -3.65. The molecule has 0 heterocycles. The number of allylic oxidation sites excluding steroid dienone is 1. The monoisotopic (exact) mass is 328 g/mol. The van der Waals surface area contributed by atoms with Crippen molar-refractivity contribution in [1.82, 2.24) is 0 Å². The number of hydrogen-bond donors (Lipinski definition) is 0. The summed E-state index contributed by atoms with van der Waals surface area (Å²) in [6.07, 6.45) is -2.18. The summed E-state index contributed by atoms with van der Waals surface area (Å²) >= 11 is 0. The summed E-state index contributed by atoms with van der Waals surface area (Å²) in [5.74, 6) is -8.18. The van der Waals surface area contributed by atoms with Crippen LogP contribution >= 0.6 is 0 Å². The largest absolute Gasteiger partial charge is 0.464 e. The van der Waals surface area contributed by atoms with Crippen LogP contribution in [0.1, 0.15) is 26.2 Å². The van der Waals surface area contributed by atoms with Crippen molar-refractivity contribution in [3.05, 3.63) is 12.2 Å². The van der Waals surface area contributed by atoms with Crippen LogP contribution < -0.4 is 0 Å². The van der Waals surface area contributed by atoms with E-state index >= 15 is 0 Å². The number of ether oxygens (including phenoxy) is 2. The van der Waals surface area contributed by atoms with Crippen LogP contribution in [0.3, 0.4) is 0 Å². The van der Waals surface area contributed by atoms with Crippen LogP contribution in [0.2, 0.25) is 0 Å². The van der Waals surface area contributed by atoms with Gasteiger partial charge < -0.3 is 9.47 Å². The molecule has 0 aromatic rings. The van der Waals surface area contributed by atoms with Crippen molar-refractivity contribution in [2.75, 3.05) is 13.2 Å². The Balaban J connectivity index is 2.12. The number of carbonyl (C=O) groups excluding carboxylic acids is 1. The van der Waals surface area contributed by atoms with E-state index in [4.69, 9.17) is 0 Å². The molecule has 0 N–H and O–H groups in total. The van der Waals surface area contributed by atoms with Crippen molar-refractivity contribution in [2.45, 2.75) is 43.9 Å². The van der Waals surface area contributed by atoms with Crippen molar-refractivity contribution >= 4 is 5.97 Å². The first-order chi connectivity index (χ1) is 10.2. The zero-order valence-electron chi connectivity index (χ0n) is 12.0. The molecule has 0 aromatic heterocycles. The summed E-state index contributed by atoms with van der Waals surface area (Å²) in [6, 6.07) is 0. The third kappa shape index (κ3) is 2.51. The molecule has 1 saturated carbocycles. The number of hydrogen-bond acceptors (Lipinski definition) is 3. The van der Waals surface area contributed by atoms with E-state index in [1.54, 1.807) is 0 Å². The molecule has 2 aliphatic rings. The lowest BCUT2D eigenvalue weighted by Crippen LogP contribution is -2.63. The Morgan fingerprint density at radius 1 is 1.27 bits per heavy atom. The average molecular weight is 328 g/mol. The van der Waals surface area contributed by atoms with E-state index in [1.165, 1.54) is 0 Å². The average Bonchev–Trinajstić information content (AvgIpc) is 2.95. The number of alkyl halides is 5. The SMILES string of the molecule is CCCCOC(=O)COC1(C(F)(F)F)C2C=CC(C2)C1(F)F. The standard InChI is InChI=1S/C14H17F5O3/c1-2-3-6-21-11(20)8-22-12(14(17,18)19)9-4-5-10(7-9)13(12,15)16/h4-5,9-10H,2-3,6-8H2,1H3. The van der Waals surface area contributed by atoms with E-state index in [0.717, 1.165) is 18.6 Å². The summed E-state index contributed by atoms with van der Waals surface area (Å²) in [7, 11) is 0. The first kappa shape index (κ1) is 17.2. The molecule has 0 saturated heterocycles. The lowest BCUT2D eigenvalue weighted by atomic mass is 9.84. The third-order valence-electron chi connectivity index (χ3n) is 4.17. The zero-order chi connectivity index (χ0) is 16.6. The van der Waals surface area contributed by atoms with E-state index in [1.807, 2.05) is 6.92 Å². The Kier molecular flexibility index (Phi) is 4.52. The highest BCUT2D eigenvalue weighted by atomic mass is 19.4. The van der Waals surface area contributed by atoms with Crippen LogP contribution in [0.25, 0.3) is 0 Å². The van der Waals surface area contributed by atoms with E-state index in [2.05, 4.69) is 9.47 Å². The molecular weight excluding hydrogens is 311 g/mol. The highest BCUT2D eigenvalue weighted by molar-refractivity contribution is 5.70. The predicted molar refractivity (Wildman–Crippen MR) is 66.3 cm³/mol. The van der Waals surface area contributed by atoms with E-state index in [0.29, 0.717) is 6.42 Å². The summed E-state index contributed by atoms with van der Waals surface area (Å²) < 4.78 is 77.5. The van der Waals surface area contributed by atoms with Crippen molar-refractivity contribution in [3.63, 3.8) is 0 Å². The minimum absolute atomic E-state index is 0.0278. The van der Waals surface area contributed by atoms with Crippen LogP contribution in [0.4, 0.5) is 22.0 Å². The molecule has 0 spiro atoms. The highest BCUT2D eigenvalue weighted by Gasteiger charge is 2.80. The molecule has 3 unspecified atom stereocenters. The normalized spacial score (nSPS) is 32.5. The molecule has 2 bridgehead atoms. The minimum atomic E-state index is -5.29. The Hall–Kier alpha value is -1.18. The van der Waals surface area contributed by atoms with Crippen LogP contribution in [0.5, 0.6) is 0 Å². The molecule has 8 heteroatoms. The Morgan fingerprint density at radius 2 is 1.91 bits per heavy atom. The lowest BCUT2D eigenvalue weighted by Gasteiger charge is -2.41. The number of fused-ring (bicyclic) bond motifs is 2. The summed E-state index contributed by atoms with van der Waals surface area (Å²) in [6.45, 7) is 0.723. The second-order valence-corrected chi connectivity index (χ2v) is 5.55. The van der Waals surface area contributed by atoms with Crippen molar-refractivity contribution in [3.8, 4) is 0 Å². The Bertz CT molecular complexity index is 460. The van der Waals surface area contributed by atoms with Crippen LogP contribution in [-0.2, 0) is 14.3 Å². The van der Waals surface area contributed by atoms with Gasteiger partial charge in [-0.25, -0.2) is 13.6 Å². The van der Waals surface area contributed by atoms with E-state index in [-0.39, 0.29) is 13.0 Å². The van der Waals surface area contributed by atoms with Crippen molar-refractivity contribution < 1.29 is 36.2 Å². The molecule has 2 rings (SSSR count). The lowest BCUT2D eigenvalue weighted by molar-refractivity contribution is -0.349. The second-order valence-electron chi connectivity index (χ2n) is 5.55. The van der Waals surface area contributed by atoms with Gasteiger partial charge in [0.15, 0.2) is 0 Å². The van der Waals surface area contributed by atoms with E-state index < -0.39 is 42.1 Å². The van der Waals surface area contributed by atoms with Gasteiger partial charge in [-0.3, -0.25) is 0 Å². The van der Waals surface area contributed by atoms with Crippen LogP contribution in [0, 0.1) is 11.8 Å². The fraction of sp³-hybridized carbons (Fsp3) is 0.786. The van der Waals surface area contributed by atoms with Gasteiger partial charge in [-0.15, -0.1) is 0 Å². The number of halogens is 5. The maximum Gasteiger partial charge on any atom is 0.424 e. The maximum absolute atomic E-state index is 14.2. The second kappa shape index (κ2) is 5.79. The molecular formula is C14H17F5O3. The van der Waals surface area contributed by atoms with Crippen molar-refractivity contribution in [2.24, 2.45) is 11.8 Å². The third-order valence-corrected chi connectivity index (χ3v) is 4.17. The zero-order valence-corrected chi connectivity index (χ0v) is 12.0. The van der Waals surface area contributed by atoms with Gasteiger partial charge in [0, 0.05) is 11.8 Å².